The third-order valence-corrected chi connectivity index (χ3v) is 3.78. The molecule has 7 nitrogen and oxygen atoms in total. The van der Waals surface area contributed by atoms with Crippen LogP contribution in [-0.2, 0) is 0 Å². The van der Waals surface area contributed by atoms with Crippen LogP contribution < -0.4 is 21.5 Å². The fraction of sp³-hybridized carbons (Fsp3) is 0.308. The normalized spacial score (nSPS) is 18.0. The van der Waals surface area contributed by atoms with Crippen molar-refractivity contribution in [2.45, 2.75) is 12.5 Å². The molecule has 0 aliphatic carbocycles. The van der Waals surface area contributed by atoms with Gasteiger partial charge < -0.3 is 10.2 Å². The summed E-state index contributed by atoms with van der Waals surface area (Å²) in [6.45, 7) is 1.49. The summed E-state index contributed by atoms with van der Waals surface area (Å²) < 4.78 is 0.918. The Bertz CT molecular complexity index is 728. The molecule has 3 heterocycles. The van der Waals surface area contributed by atoms with Crippen LogP contribution in [0.5, 0.6) is 0 Å². The lowest BCUT2D eigenvalue weighted by Crippen LogP contribution is -2.31. The van der Waals surface area contributed by atoms with Crippen molar-refractivity contribution in [3.63, 3.8) is 0 Å². The maximum atomic E-state index is 11.3. The highest BCUT2D eigenvalue weighted by molar-refractivity contribution is 9.10. The lowest BCUT2D eigenvalue weighted by atomic mass is 10.2. The zero-order valence-corrected chi connectivity index (χ0v) is 12.7. The van der Waals surface area contributed by atoms with Gasteiger partial charge in [-0.05, 0) is 28.4 Å². The van der Waals surface area contributed by atoms with Crippen molar-refractivity contribution in [1.82, 2.24) is 15.0 Å². The highest BCUT2D eigenvalue weighted by Crippen LogP contribution is 2.20. The highest BCUT2D eigenvalue weighted by Gasteiger charge is 2.23. The number of halogens is 1. The van der Waals surface area contributed by atoms with Gasteiger partial charge in [0.25, 0.3) is 5.56 Å². The minimum atomic E-state index is -0.481. The number of nitrogens with one attached hydrogen (secondary N) is 3. The Labute approximate surface area is 128 Å². The van der Waals surface area contributed by atoms with Gasteiger partial charge in [-0.2, -0.15) is 0 Å². The Kier molecular flexibility index (Phi) is 3.78. The van der Waals surface area contributed by atoms with E-state index in [1.807, 2.05) is 11.0 Å². The molecule has 0 saturated carbocycles. The van der Waals surface area contributed by atoms with Crippen LogP contribution in [-0.4, -0.2) is 34.1 Å². The van der Waals surface area contributed by atoms with E-state index in [9.17, 15) is 9.59 Å². The molecule has 0 spiro atoms. The van der Waals surface area contributed by atoms with Crippen LogP contribution in [0.3, 0.4) is 0 Å². The lowest BCUT2D eigenvalue weighted by Gasteiger charge is -2.18. The summed E-state index contributed by atoms with van der Waals surface area (Å²) in [6, 6.07) is 3.61. The Hall–Kier alpha value is -2.09. The quantitative estimate of drug-likeness (QED) is 0.764. The van der Waals surface area contributed by atoms with E-state index in [-0.39, 0.29) is 11.6 Å². The second-order valence-electron chi connectivity index (χ2n) is 4.94. The van der Waals surface area contributed by atoms with Crippen molar-refractivity contribution in [3.8, 4) is 0 Å². The summed E-state index contributed by atoms with van der Waals surface area (Å²) in [7, 11) is 0. The summed E-state index contributed by atoms with van der Waals surface area (Å²) in [6.07, 6.45) is 4.41. The maximum absolute atomic E-state index is 11.3. The number of H-pyrrole nitrogens is 2. The SMILES string of the molecule is O=c1cc(N2CC[C@H](Nc3cncc(Br)c3)C2)[nH]c(=O)[nH]1. The van der Waals surface area contributed by atoms with Crippen molar-refractivity contribution >= 4 is 27.4 Å². The second kappa shape index (κ2) is 5.72. The molecule has 3 rings (SSSR count). The molecule has 0 unspecified atom stereocenters. The van der Waals surface area contributed by atoms with Crippen LogP contribution in [0.4, 0.5) is 11.5 Å². The molecule has 2 aromatic rings. The summed E-state index contributed by atoms with van der Waals surface area (Å²) in [4.78, 5) is 33.6. The lowest BCUT2D eigenvalue weighted by molar-refractivity contribution is 0.804. The molecule has 21 heavy (non-hydrogen) atoms. The van der Waals surface area contributed by atoms with Crippen LogP contribution in [0, 0.1) is 0 Å². The highest BCUT2D eigenvalue weighted by atomic mass is 79.9. The van der Waals surface area contributed by atoms with Crippen LogP contribution in [0.25, 0.3) is 0 Å². The Morgan fingerprint density at radius 1 is 1.29 bits per heavy atom. The molecule has 0 amide bonds. The number of anilines is 2. The van der Waals surface area contributed by atoms with Gasteiger partial charge in [0.2, 0.25) is 0 Å². The average Bonchev–Trinajstić information content (AvgIpc) is 2.86. The first-order valence-corrected chi connectivity index (χ1v) is 7.35. The summed E-state index contributed by atoms with van der Waals surface area (Å²) >= 11 is 3.39. The Morgan fingerprint density at radius 2 is 2.14 bits per heavy atom. The molecular formula is C13H14BrN5O2. The molecule has 0 bridgehead atoms. The molecule has 8 heteroatoms. The number of hydrogen-bond donors (Lipinski definition) is 3. The van der Waals surface area contributed by atoms with E-state index >= 15 is 0 Å². The molecule has 3 N–H and O–H groups in total. The molecule has 1 atom stereocenters. The largest absolute Gasteiger partial charge is 0.379 e. The van der Waals surface area contributed by atoms with E-state index in [1.165, 1.54) is 6.07 Å². The zero-order valence-electron chi connectivity index (χ0n) is 11.1. The van der Waals surface area contributed by atoms with E-state index in [0.717, 1.165) is 23.1 Å². The first-order valence-electron chi connectivity index (χ1n) is 6.56. The smallest absolute Gasteiger partial charge is 0.327 e. The van der Waals surface area contributed by atoms with Gasteiger partial charge in [0, 0.05) is 35.9 Å². The molecule has 2 aromatic heterocycles. The number of aromatic amines is 2. The molecule has 1 aliphatic heterocycles. The molecule has 1 aliphatic rings. The molecule has 0 aromatic carbocycles. The minimum absolute atomic E-state index is 0.240. The fourth-order valence-corrected chi connectivity index (χ4v) is 2.81. The van der Waals surface area contributed by atoms with Gasteiger partial charge in [0.15, 0.2) is 0 Å². The van der Waals surface area contributed by atoms with E-state index in [0.29, 0.717) is 12.4 Å². The van der Waals surface area contributed by atoms with Crippen LogP contribution >= 0.6 is 15.9 Å². The number of rotatable bonds is 3. The van der Waals surface area contributed by atoms with Crippen LogP contribution in [0.2, 0.25) is 0 Å². The first-order chi connectivity index (χ1) is 10.1. The zero-order chi connectivity index (χ0) is 14.8. The third-order valence-electron chi connectivity index (χ3n) is 3.35. The second-order valence-corrected chi connectivity index (χ2v) is 5.86. The maximum Gasteiger partial charge on any atom is 0.327 e. The summed E-state index contributed by atoms with van der Waals surface area (Å²) in [5.74, 6) is 0.556. The van der Waals surface area contributed by atoms with Crippen molar-refractivity contribution in [2.75, 3.05) is 23.3 Å². The van der Waals surface area contributed by atoms with Crippen molar-refractivity contribution in [2.24, 2.45) is 0 Å². The van der Waals surface area contributed by atoms with Gasteiger partial charge >= 0.3 is 5.69 Å². The van der Waals surface area contributed by atoms with Crippen LogP contribution in [0.1, 0.15) is 6.42 Å². The fourth-order valence-electron chi connectivity index (χ4n) is 2.45. The monoisotopic (exact) mass is 351 g/mol. The van der Waals surface area contributed by atoms with Crippen molar-refractivity contribution < 1.29 is 0 Å². The van der Waals surface area contributed by atoms with E-state index in [1.54, 1.807) is 12.4 Å². The van der Waals surface area contributed by atoms with E-state index in [2.05, 4.69) is 36.2 Å². The van der Waals surface area contributed by atoms with Gasteiger partial charge in [0.1, 0.15) is 5.82 Å². The molecule has 1 fully saturated rings. The standard InChI is InChI=1S/C13H14BrN5O2/c14-8-3-10(6-15-5-8)16-9-1-2-19(7-9)11-4-12(20)18-13(21)17-11/h3-6,9,16H,1-2,7H2,(H2,17,18,20,21)/t9-/m0/s1. The van der Waals surface area contributed by atoms with Crippen molar-refractivity contribution in [1.29, 1.82) is 0 Å². The molecule has 0 radical (unpaired) electrons. The number of pyridine rings is 1. The van der Waals surface area contributed by atoms with Gasteiger partial charge in [-0.15, -0.1) is 0 Å². The van der Waals surface area contributed by atoms with Gasteiger partial charge in [-0.3, -0.25) is 19.7 Å². The minimum Gasteiger partial charge on any atom is -0.379 e. The predicted molar refractivity (Wildman–Crippen MR) is 83.9 cm³/mol. The molecule has 1 saturated heterocycles. The predicted octanol–water partition coefficient (Wildman–Crippen LogP) is 0.912. The molecular weight excluding hydrogens is 338 g/mol. The third kappa shape index (κ3) is 3.33. The van der Waals surface area contributed by atoms with E-state index in [4.69, 9.17) is 0 Å². The van der Waals surface area contributed by atoms with Gasteiger partial charge in [-0.1, -0.05) is 0 Å². The van der Waals surface area contributed by atoms with Gasteiger partial charge in [-0.25, -0.2) is 4.79 Å². The number of nitrogens with zero attached hydrogens (tertiary/aromatic N) is 2. The first kappa shape index (κ1) is 13.9. The number of aromatic nitrogens is 3. The van der Waals surface area contributed by atoms with Crippen molar-refractivity contribution in [3.05, 3.63) is 49.8 Å². The molecule has 110 valence electrons. The van der Waals surface area contributed by atoms with E-state index < -0.39 is 5.69 Å². The van der Waals surface area contributed by atoms with Crippen LogP contribution in [0.15, 0.2) is 38.6 Å². The summed E-state index contributed by atoms with van der Waals surface area (Å²) in [5, 5.41) is 3.40. The Morgan fingerprint density at radius 3 is 2.90 bits per heavy atom. The summed E-state index contributed by atoms with van der Waals surface area (Å²) in [5.41, 5.74) is 0.0714. The Balaban J connectivity index is 1.70. The van der Waals surface area contributed by atoms with Gasteiger partial charge in [0.05, 0.1) is 11.9 Å². The topological polar surface area (TPSA) is 93.9 Å². The number of hydrogen-bond acceptors (Lipinski definition) is 5. The average molecular weight is 352 g/mol.